The molecule has 2 aromatic heterocycles. The van der Waals surface area contributed by atoms with Crippen molar-refractivity contribution in [3.8, 4) is 12.5 Å². The Hall–Kier alpha value is -3.19. The summed E-state index contributed by atoms with van der Waals surface area (Å²) in [6.07, 6.45) is 3.40. The Morgan fingerprint density at radius 3 is 2.92 bits per heavy atom. The lowest BCUT2D eigenvalue weighted by Crippen LogP contribution is -2.21. The molecule has 1 atom stereocenters. The summed E-state index contributed by atoms with van der Waals surface area (Å²) in [5.41, 5.74) is 6.00. The van der Waals surface area contributed by atoms with Crippen LogP contribution in [0.1, 0.15) is 29.2 Å². The first-order chi connectivity index (χ1) is 12.6. The molecule has 0 spiro atoms. The highest BCUT2D eigenvalue weighted by Crippen LogP contribution is 2.26. The number of nitriles is 1. The van der Waals surface area contributed by atoms with Crippen molar-refractivity contribution < 1.29 is 18.7 Å². The van der Waals surface area contributed by atoms with E-state index in [4.69, 9.17) is 20.5 Å². The van der Waals surface area contributed by atoms with Crippen molar-refractivity contribution in [3.63, 3.8) is 0 Å². The Bertz CT molecular complexity index is 786. The minimum atomic E-state index is -0.711. The minimum Gasteiger partial charge on any atom is -0.481 e. The van der Waals surface area contributed by atoms with Crippen LogP contribution in [-0.4, -0.2) is 41.0 Å². The highest BCUT2D eigenvalue weighted by atomic mass is 19.1. The summed E-state index contributed by atoms with van der Waals surface area (Å²) in [6.45, 7) is 4.75. The van der Waals surface area contributed by atoms with Gasteiger partial charge in [-0.05, 0) is 12.8 Å². The monoisotopic (exact) mass is 362 g/mol. The van der Waals surface area contributed by atoms with Crippen molar-refractivity contribution in [2.75, 3.05) is 25.6 Å². The summed E-state index contributed by atoms with van der Waals surface area (Å²) in [4.78, 5) is 15.3. The molecular formula is C16H19FN6O3. The van der Waals surface area contributed by atoms with Crippen LogP contribution in [0, 0.1) is 17.8 Å². The maximum absolute atomic E-state index is 13.5. The van der Waals surface area contributed by atoms with Gasteiger partial charge in [0.05, 0.1) is 19.8 Å². The quantitative estimate of drug-likeness (QED) is 0.776. The van der Waals surface area contributed by atoms with E-state index in [9.17, 15) is 9.18 Å². The van der Waals surface area contributed by atoms with Crippen LogP contribution in [-0.2, 0) is 4.74 Å². The first-order valence-corrected chi connectivity index (χ1v) is 7.78. The van der Waals surface area contributed by atoms with Crippen LogP contribution < -0.4 is 15.8 Å². The van der Waals surface area contributed by atoms with Gasteiger partial charge in [-0.1, -0.05) is 0 Å². The number of halogens is 1. The zero-order chi connectivity index (χ0) is 19.1. The van der Waals surface area contributed by atoms with E-state index in [-0.39, 0.29) is 23.3 Å². The second kappa shape index (κ2) is 8.77. The van der Waals surface area contributed by atoms with Gasteiger partial charge >= 0.3 is 0 Å². The number of nitrogens with zero attached hydrogens (tertiary/aromatic N) is 4. The molecule has 3 N–H and O–H groups in total. The first-order valence-electron chi connectivity index (χ1n) is 7.78. The van der Waals surface area contributed by atoms with Gasteiger partial charge in [-0.2, -0.15) is 14.5 Å². The highest BCUT2D eigenvalue weighted by Gasteiger charge is 2.21. The highest BCUT2D eigenvalue weighted by molar-refractivity contribution is 5.98. The van der Waals surface area contributed by atoms with Crippen molar-refractivity contribution in [1.29, 1.82) is 5.26 Å². The minimum absolute atomic E-state index is 0.0381. The largest absolute Gasteiger partial charge is 0.481 e. The predicted molar refractivity (Wildman–Crippen MR) is 90.5 cm³/mol. The lowest BCUT2D eigenvalue weighted by atomic mass is 10.1. The second-order valence-corrected chi connectivity index (χ2v) is 5.45. The Morgan fingerprint density at radius 1 is 1.54 bits per heavy atom. The van der Waals surface area contributed by atoms with Gasteiger partial charge in [-0.15, -0.1) is 0 Å². The summed E-state index contributed by atoms with van der Waals surface area (Å²) in [5.74, 6) is -0.974. The maximum atomic E-state index is 13.5. The number of nitrogens with two attached hydrogens (primary N) is 1. The second-order valence-electron chi connectivity index (χ2n) is 5.45. The lowest BCUT2D eigenvalue weighted by Gasteiger charge is -2.22. The lowest BCUT2D eigenvalue weighted by molar-refractivity contribution is 0.0550. The number of methoxy groups -OCH3 is 1. The summed E-state index contributed by atoms with van der Waals surface area (Å²) in [5, 5.41) is 13.8. The average molecular weight is 362 g/mol. The molecule has 1 amide bonds. The van der Waals surface area contributed by atoms with Gasteiger partial charge in [0, 0.05) is 37.2 Å². The van der Waals surface area contributed by atoms with E-state index in [1.807, 2.05) is 0 Å². The van der Waals surface area contributed by atoms with Crippen LogP contribution in [0.25, 0.3) is 0 Å². The number of aromatic nitrogens is 3. The maximum Gasteiger partial charge on any atom is 0.254 e. The molecule has 3 heterocycles. The molecule has 0 aliphatic carbocycles. The third kappa shape index (κ3) is 4.46. The normalized spacial score (nSPS) is 16.2. The van der Waals surface area contributed by atoms with E-state index in [0.717, 1.165) is 19.4 Å². The Kier molecular flexibility index (Phi) is 6.46. The summed E-state index contributed by atoms with van der Waals surface area (Å²) in [6, 6.07) is 2.71. The van der Waals surface area contributed by atoms with Crippen molar-refractivity contribution in [3.05, 3.63) is 29.8 Å². The summed E-state index contributed by atoms with van der Waals surface area (Å²) in [7, 11) is 1.39. The number of carbonyl (C=O) groups excluding carboxylic acids is 1. The number of primary amides is 1. The van der Waals surface area contributed by atoms with E-state index in [1.54, 1.807) is 10.9 Å². The van der Waals surface area contributed by atoms with Gasteiger partial charge in [0.25, 0.3) is 5.91 Å². The molecule has 10 heteroatoms. The molecule has 1 aliphatic rings. The van der Waals surface area contributed by atoms with Crippen molar-refractivity contribution in [1.82, 2.24) is 14.8 Å². The van der Waals surface area contributed by atoms with Gasteiger partial charge in [0.1, 0.15) is 5.56 Å². The summed E-state index contributed by atoms with van der Waals surface area (Å²) < 4.78 is 25.5. The molecule has 0 aromatic carbocycles. The van der Waals surface area contributed by atoms with Crippen LogP contribution in [0.2, 0.25) is 0 Å². The van der Waals surface area contributed by atoms with Gasteiger partial charge in [0.2, 0.25) is 11.8 Å². The molecule has 0 radical (unpaired) electrons. The van der Waals surface area contributed by atoms with Gasteiger partial charge in [-0.3, -0.25) is 9.48 Å². The molecule has 138 valence electrons. The predicted octanol–water partition coefficient (Wildman–Crippen LogP) is 1.76. The molecule has 0 bridgehead atoms. The van der Waals surface area contributed by atoms with Crippen molar-refractivity contribution >= 4 is 17.4 Å². The molecule has 26 heavy (non-hydrogen) atoms. The van der Waals surface area contributed by atoms with Gasteiger partial charge in [-0.25, -0.2) is 5.26 Å². The van der Waals surface area contributed by atoms with Crippen molar-refractivity contribution in [2.24, 2.45) is 5.73 Å². The van der Waals surface area contributed by atoms with Crippen LogP contribution >= 0.6 is 0 Å². The fourth-order valence-electron chi connectivity index (χ4n) is 2.57. The Labute approximate surface area is 149 Å². The van der Waals surface area contributed by atoms with Crippen LogP contribution in [0.15, 0.2) is 18.3 Å². The molecule has 1 unspecified atom stereocenters. The van der Waals surface area contributed by atoms with E-state index in [0.29, 0.717) is 12.3 Å². The van der Waals surface area contributed by atoms with Crippen molar-refractivity contribution in [2.45, 2.75) is 18.9 Å². The number of pyridine rings is 1. The standard InChI is InChI=1S/C15H18FN5O3.CHN/c1-23-13-6-9(5-12(16)19-13)18-15-11(14(17)22)7-21(20-15)10-3-2-4-24-8-10;1-2/h5-7,10H,2-4,8H2,1H3,(H2,17,22)(H,18,19,20);1H. The van der Waals surface area contributed by atoms with Crippen LogP contribution in [0.3, 0.4) is 0 Å². The number of hydrogen-bond donors (Lipinski definition) is 2. The van der Waals surface area contributed by atoms with Crippen LogP contribution in [0.5, 0.6) is 5.88 Å². The Balaban J connectivity index is 0.00000117. The number of anilines is 2. The molecule has 1 aliphatic heterocycles. The molecular weight excluding hydrogens is 343 g/mol. The average Bonchev–Trinajstić information content (AvgIpc) is 3.07. The number of nitrogens with one attached hydrogen (secondary N) is 1. The zero-order valence-electron chi connectivity index (χ0n) is 14.2. The smallest absolute Gasteiger partial charge is 0.254 e. The third-order valence-corrected chi connectivity index (χ3v) is 3.75. The topological polar surface area (TPSA) is 128 Å². The molecule has 9 nitrogen and oxygen atoms in total. The number of rotatable bonds is 5. The number of hydrogen-bond acceptors (Lipinski definition) is 7. The van der Waals surface area contributed by atoms with Gasteiger partial charge in [0.15, 0.2) is 5.82 Å². The number of ether oxygens (including phenoxy) is 2. The Morgan fingerprint density at radius 2 is 2.31 bits per heavy atom. The van der Waals surface area contributed by atoms with E-state index < -0.39 is 11.9 Å². The van der Waals surface area contributed by atoms with E-state index in [1.165, 1.54) is 19.2 Å². The number of amides is 1. The molecule has 1 fully saturated rings. The third-order valence-electron chi connectivity index (χ3n) is 3.75. The molecule has 3 rings (SSSR count). The molecule has 1 saturated heterocycles. The summed E-state index contributed by atoms with van der Waals surface area (Å²) >= 11 is 0. The van der Waals surface area contributed by atoms with E-state index in [2.05, 4.69) is 22.0 Å². The van der Waals surface area contributed by atoms with E-state index >= 15 is 0 Å². The zero-order valence-corrected chi connectivity index (χ0v) is 14.2. The fourth-order valence-corrected chi connectivity index (χ4v) is 2.57. The SMILES string of the molecule is C#N.COc1cc(Nc2nn(C3CCCOC3)cc2C(N)=O)cc(F)n1. The fraction of sp³-hybridized carbons (Fsp3) is 0.375. The molecule has 2 aromatic rings. The first kappa shape index (κ1) is 19.1. The molecule has 0 saturated carbocycles. The number of carbonyl (C=O) groups is 1. The van der Waals surface area contributed by atoms with Gasteiger partial charge < -0.3 is 20.5 Å². The van der Waals surface area contributed by atoms with Crippen LogP contribution in [0.4, 0.5) is 15.9 Å².